The molecule has 8 heteroatoms. The van der Waals surface area contributed by atoms with E-state index in [9.17, 15) is 18.0 Å². The first-order valence-electron chi connectivity index (χ1n) is 10.2. The second-order valence-corrected chi connectivity index (χ2v) is 9.93. The lowest BCUT2D eigenvalue weighted by Crippen LogP contribution is -2.50. The average Bonchev–Trinajstić information content (AvgIpc) is 2.77. The summed E-state index contributed by atoms with van der Waals surface area (Å²) in [6.45, 7) is 2.00. The van der Waals surface area contributed by atoms with E-state index in [1.807, 2.05) is 29.2 Å². The van der Waals surface area contributed by atoms with Gasteiger partial charge in [-0.2, -0.15) is 0 Å². The molecule has 1 aliphatic heterocycles. The van der Waals surface area contributed by atoms with Gasteiger partial charge >= 0.3 is 0 Å². The number of carbonyl (C=O) groups excluding carboxylic acids is 2. The Bertz CT molecular complexity index is 1010. The van der Waals surface area contributed by atoms with Crippen LogP contribution in [0, 0.1) is 0 Å². The molecule has 2 amide bonds. The number of amides is 2. The number of rotatable bonds is 7. The number of methoxy groups -OCH3 is 1. The molecule has 0 saturated carbocycles. The highest BCUT2D eigenvalue weighted by Crippen LogP contribution is 2.15. The van der Waals surface area contributed by atoms with Gasteiger partial charge in [0.1, 0.15) is 5.75 Å². The molecule has 1 fully saturated rings. The molecule has 0 aromatic heterocycles. The van der Waals surface area contributed by atoms with Crippen LogP contribution in [0.2, 0.25) is 0 Å². The summed E-state index contributed by atoms with van der Waals surface area (Å²) >= 11 is 0. The molecule has 0 radical (unpaired) electrons. The summed E-state index contributed by atoms with van der Waals surface area (Å²) in [5.41, 5.74) is 2.27. The normalized spacial score (nSPS) is 14.4. The number of ether oxygens (including phenoxy) is 1. The van der Waals surface area contributed by atoms with E-state index in [0.717, 1.165) is 11.3 Å². The van der Waals surface area contributed by atoms with Gasteiger partial charge in [0.25, 0.3) is 5.91 Å². The summed E-state index contributed by atoms with van der Waals surface area (Å²) in [6, 6.07) is 14.4. The summed E-state index contributed by atoms with van der Waals surface area (Å²) in [6.07, 6.45) is 2.29. The second-order valence-electron chi connectivity index (χ2n) is 7.79. The van der Waals surface area contributed by atoms with Crippen molar-refractivity contribution in [3.8, 4) is 5.75 Å². The molecule has 1 aliphatic rings. The highest BCUT2D eigenvalue weighted by molar-refractivity contribution is 7.89. The Balaban J connectivity index is 1.47. The van der Waals surface area contributed by atoms with Crippen LogP contribution in [0.4, 0.5) is 0 Å². The van der Waals surface area contributed by atoms with Gasteiger partial charge in [-0.3, -0.25) is 9.59 Å². The van der Waals surface area contributed by atoms with Crippen molar-refractivity contribution in [2.75, 3.05) is 39.5 Å². The third-order valence-electron chi connectivity index (χ3n) is 5.34. The van der Waals surface area contributed by atoms with Gasteiger partial charge in [0, 0.05) is 44.4 Å². The van der Waals surface area contributed by atoms with Crippen molar-refractivity contribution in [2.24, 2.45) is 0 Å². The Morgan fingerprint density at radius 2 is 1.42 bits per heavy atom. The van der Waals surface area contributed by atoms with E-state index in [1.165, 1.54) is 6.26 Å². The van der Waals surface area contributed by atoms with Crippen LogP contribution in [0.1, 0.15) is 27.9 Å². The maximum Gasteiger partial charge on any atom is 0.253 e. The highest BCUT2D eigenvalue weighted by Gasteiger charge is 2.24. The predicted octanol–water partition coefficient (Wildman–Crippen LogP) is 2.16. The Morgan fingerprint density at radius 3 is 1.97 bits per heavy atom. The highest BCUT2D eigenvalue weighted by atomic mass is 32.2. The minimum atomic E-state index is -3.11. The SMILES string of the molecule is COc1ccc(CCC(=O)N2CCN(C(=O)c3ccc(CS(C)(=O)=O)cc3)CC2)cc1. The van der Waals surface area contributed by atoms with Crippen LogP contribution in [0.3, 0.4) is 0 Å². The van der Waals surface area contributed by atoms with Crippen molar-refractivity contribution >= 4 is 21.7 Å². The topological polar surface area (TPSA) is 84.0 Å². The van der Waals surface area contributed by atoms with Gasteiger partial charge in [0.15, 0.2) is 9.84 Å². The largest absolute Gasteiger partial charge is 0.497 e. The first-order chi connectivity index (χ1) is 14.7. The minimum absolute atomic E-state index is 0.0429. The number of piperazine rings is 1. The van der Waals surface area contributed by atoms with Crippen LogP contribution in [0.15, 0.2) is 48.5 Å². The number of benzene rings is 2. The Hall–Kier alpha value is -2.87. The van der Waals surface area contributed by atoms with Crippen LogP contribution in [0.5, 0.6) is 5.75 Å². The molecule has 0 spiro atoms. The summed E-state index contributed by atoms with van der Waals surface area (Å²) in [4.78, 5) is 28.8. The third kappa shape index (κ3) is 6.55. The molecule has 7 nitrogen and oxygen atoms in total. The van der Waals surface area contributed by atoms with Gasteiger partial charge in [0.2, 0.25) is 5.91 Å². The van der Waals surface area contributed by atoms with E-state index < -0.39 is 9.84 Å². The molecule has 31 heavy (non-hydrogen) atoms. The Labute approximate surface area is 183 Å². The zero-order valence-electron chi connectivity index (χ0n) is 17.9. The van der Waals surface area contributed by atoms with Crippen LogP contribution >= 0.6 is 0 Å². The molecule has 166 valence electrons. The zero-order chi connectivity index (χ0) is 22.4. The monoisotopic (exact) mass is 444 g/mol. The standard InChI is InChI=1S/C23H28N2O5S/c1-30-21-10-5-18(6-11-21)7-12-22(26)24-13-15-25(16-14-24)23(27)20-8-3-19(4-9-20)17-31(2,28)29/h3-6,8-11H,7,12-17H2,1-2H3. The Kier molecular flexibility index (Phi) is 7.33. The number of hydrogen-bond acceptors (Lipinski definition) is 5. The number of aryl methyl sites for hydroxylation is 1. The first-order valence-corrected chi connectivity index (χ1v) is 12.3. The first kappa shape index (κ1) is 22.8. The van der Waals surface area contributed by atoms with E-state index in [-0.39, 0.29) is 17.6 Å². The maximum absolute atomic E-state index is 12.7. The molecular formula is C23H28N2O5S. The van der Waals surface area contributed by atoms with Crippen molar-refractivity contribution in [1.82, 2.24) is 9.80 Å². The zero-order valence-corrected chi connectivity index (χ0v) is 18.7. The lowest BCUT2D eigenvalue weighted by atomic mass is 10.1. The maximum atomic E-state index is 12.7. The van der Waals surface area contributed by atoms with E-state index in [1.54, 1.807) is 36.3 Å². The molecule has 3 rings (SSSR count). The van der Waals surface area contributed by atoms with Crippen LogP contribution in [-0.4, -0.2) is 69.6 Å². The van der Waals surface area contributed by atoms with Crippen molar-refractivity contribution in [1.29, 1.82) is 0 Å². The lowest BCUT2D eigenvalue weighted by Gasteiger charge is -2.35. The van der Waals surface area contributed by atoms with Gasteiger partial charge in [-0.1, -0.05) is 24.3 Å². The second kappa shape index (κ2) is 9.96. The molecular weight excluding hydrogens is 416 g/mol. The fourth-order valence-electron chi connectivity index (χ4n) is 3.59. The lowest BCUT2D eigenvalue weighted by molar-refractivity contribution is -0.132. The van der Waals surface area contributed by atoms with Crippen molar-refractivity contribution in [2.45, 2.75) is 18.6 Å². The summed E-state index contributed by atoms with van der Waals surface area (Å²) in [5.74, 6) is 0.740. The number of carbonyl (C=O) groups is 2. The summed E-state index contributed by atoms with van der Waals surface area (Å²) in [7, 11) is -1.49. The van der Waals surface area contributed by atoms with Gasteiger partial charge in [0.05, 0.1) is 12.9 Å². The fraction of sp³-hybridized carbons (Fsp3) is 0.391. The van der Waals surface area contributed by atoms with E-state index >= 15 is 0 Å². The average molecular weight is 445 g/mol. The van der Waals surface area contributed by atoms with Gasteiger partial charge in [-0.15, -0.1) is 0 Å². The fourth-order valence-corrected chi connectivity index (χ4v) is 4.39. The van der Waals surface area contributed by atoms with Crippen LogP contribution in [-0.2, 0) is 26.8 Å². The number of nitrogens with zero attached hydrogens (tertiary/aromatic N) is 2. The van der Waals surface area contributed by atoms with Crippen LogP contribution < -0.4 is 4.74 Å². The molecule has 0 bridgehead atoms. The minimum Gasteiger partial charge on any atom is -0.497 e. The molecule has 2 aromatic rings. The third-order valence-corrected chi connectivity index (χ3v) is 6.19. The number of sulfone groups is 1. The quantitative estimate of drug-likeness (QED) is 0.654. The van der Waals surface area contributed by atoms with Gasteiger partial charge < -0.3 is 14.5 Å². The summed E-state index contributed by atoms with van der Waals surface area (Å²) in [5, 5.41) is 0. The van der Waals surface area contributed by atoms with E-state index in [4.69, 9.17) is 4.74 Å². The Morgan fingerprint density at radius 1 is 0.871 bits per heavy atom. The van der Waals surface area contributed by atoms with Crippen LogP contribution in [0.25, 0.3) is 0 Å². The molecule has 2 aromatic carbocycles. The molecule has 0 atom stereocenters. The molecule has 0 aliphatic carbocycles. The molecule has 0 unspecified atom stereocenters. The smallest absolute Gasteiger partial charge is 0.253 e. The summed E-state index contributed by atoms with van der Waals surface area (Å²) < 4.78 is 27.9. The van der Waals surface area contributed by atoms with Crippen molar-refractivity contribution in [3.63, 3.8) is 0 Å². The molecule has 1 saturated heterocycles. The predicted molar refractivity (Wildman–Crippen MR) is 119 cm³/mol. The van der Waals surface area contributed by atoms with Crippen molar-refractivity contribution < 1.29 is 22.7 Å². The van der Waals surface area contributed by atoms with E-state index in [2.05, 4.69) is 0 Å². The van der Waals surface area contributed by atoms with Gasteiger partial charge in [-0.25, -0.2) is 8.42 Å². The molecule has 1 heterocycles. The van der Waals surface area contributed by atoms with Gasteiger partial charge in [-0.05, 0) is 41.8 Å². The molecule has 0 N–H and O–H groups in total. The van der Waals surface area contributed by atoms with E-state index in [0.29, 0.717) is 50.1 Å². The van der Waals surface area contributed by atoms with Crippen molar-refractivity contribution in [3.05, 3.63) is 65.2 Å². The number of hydrogen-bond donors (Lipinski definition) is 0.